The Morgan fingerprint density at radius 3 is 2.50 bits per heavy atom. The number of nitrogens with zero attached hydrogens (tertiary/aromatic N) is 3. The Balaban J connectivity index is 1.79. The zero-order valence-electron chi connectivity index (χ0n) is 23.3. The monoisotopic (exact) mass is 572 g/mol. The third kappa shape index (κ3) is 5.68. The minimum absolute atomic E-state index is 0.0978. The molecule has 5 rings (SSSR count). The number of benzene rings is 2. The Bertz CT molecular complexity index is 1640. The maximum atomic E-state index is 14.4. The summed E-state index contributed by atoms with van der Waals surface area (Å²) in [6.45, 7) is 10.7. The fraction of sp³-hybridized carbons (Fsp3) is 0.281. The van der Waals surface area contributed by atoms with E-state index in [0.29, 0.717) is 52.0 Å². The van der Waals surface area contributed by atoms with Crippen molar-refractivity contribution < 1.29 is 4.79 Å². The maximum absolute atomic E-state index is 14.4. The van der Waals surface area contributed by atoms with Crippen LogP contribution in [0.2, 0.25) is 5.02 Å². The zero-order valence-corrected chi connectivity index (χ0v) is 24.8. The van der Waals surface area contributed by atoms with Gasteiger partial charge in [0.05, 0.1) is 28.2 Å². The summed E-state index contributed by atoms with van der Waals surface area (Å²) in [5, 5.41) is 6.37. The number of amides is 1. The second-order valence-corrected chi connectivity index (χ2v) is 11.6. The Hall–Kier alpha value is -3.52. The number of aryl methyl sites for hydroxylation is 2. The van der Waals surface area contributed by atoms with Gasteiger partial charge in [-0.3, -0.25) is 14.2 Å². The number of carbonyl (C=O) groups excluding carboxylic acids is 1. The molecule has 1 N–H and O–H groups in total. The molecule has 0 saturated carbocycles. The van der Waals surface area contributed by atoms with Crippen LogP contribution in [0.4, 0.5) is 0 Å². The average molecular weight is 573 g/mol. The molecule has 0 unspecified atom stereocenters. The summed E-state index contributed by atoms with van der Waals surface area (Å²) in [6, 6.07) is 15.5. The van der Waals surface area contributed by atoms with Crippen LogP contribution < -0.4 is 10.9 Å². The van der Waals surface area contributed by atoms with Gasteiger partial charge < -0.3 is 10.2 Å². The summed E-state index contributed by atoms with van der Waals surface area (Å²) in [4.78, 5) is 35.2. The lowest BCUT2D eigenvalue weighted by Crippen LogP contribution is -2.47. The van der Waals surface area contributed by atoms with E-state index >= 15 is 0 Å². The summed E-state index contributed by atoms with van der Waals surface area (Å²) < 4.78 is 1.66. The quantitative estimate of drug-likeness (QED) is 0.282. The van der Waals surface area contributed by atoms with Gasteiger partial charge in [-0.25, -0.2) is 4.98 Å². The van der Waals surface area contributed by atoms with E-state index < -0.39 is 0 Å². The first-order valence-electron chi connectivity index (χ1n) is 13.5. The highest BCUT2D eigenvalue weighted by molar-refractivity contribution is 7.13. The van der Waals surface area contributed by atoms with Crippen LogP contribution in [0.1, 0.15) is 48.0 Å². The molecule has 1 amide bonds. The van der Waals surface area contributed by atoms with Crippen LogP contribution >= 0.6 is 22.9 Å². The van der Waals surface area contributed by atoms with Crippen LogP contribution in [0.15, 0.2) is 64.3 Å². The van der Waals surface area contributed by atoms with E-state index in [2.05, 4.69) is 5.32 Å². The SMILES string of the molecule is CCc1ccc(Cl)cc1-n1c(C=C(C)C)c(C(=O)N2CCNCC2)cc(-c2nc(-c3ccc(C)cc3)cs2)c1=O. The maximum Gasteiger partial charge on any atom is 0.265 e. The first kappa shape index (κ1) is 28.0. The molecule has 1 aliphatic rings. The summed E-state index contributed by atoms with van der Waals surface area (Å²) in [5.41, 5.74) is 6.78. The molecule has 1 saturated heterocycles. The molecule has 0 atom stereocenters. The number of nitrogens with one attached hydrogen (secondary N) is 1. The molecule has 8 heteroatoms. The van der Waals surface area contributed by atoms with Crippen molar-refractivity contribution in [1.82, 2.24) is 19.8 Å². The molecule has 1 fully saturated rings. The second-order valence-electron chi connectivity index (χ2n) is 10.3. The van der Waals surface area contributed by atoms with Crippen LogP contribution in [-0.2, 0) is 6.42 Å². The smallest absolute Gasteiger partial charge is 0.265 e. The van der Waals surface area contributed by atoms with Gasteiger partial charge in [-0.05, 0) is 57.0 Å². The summed E-state index contributed by atoms with van der Waals surface area (Å²) >= 11 is 7.88. The van der Waals surface area contributed by atoms with Crippen molar-refractivity contribution >= 4 is 34.9 Å². The number of carbonyl (C=O) groups is 1. The van der Waals surface area contributed by atoms with E-state index in [1.165, 1.54) is 16.9 Å². The van der Waals surface area contributed by atoms with Crippen molar-refractivity contribution in [3.05, 3.63) is 97.2 Å². The van der Waals surface area contributed by atoms with Gasteiger partial charge in [0.1, 0.15) is 5.01 Å². The molecule has 2 aromatic carbocycles. The molecule has 206 valence electrons. The van der Waals surface area contributed by atoms with E-state index in [1.54, 1.807) is 10.6 Å². The highest BCUT2D eigenvalue weighted by Gasteiger charge is 2.27. The van der Waals surface area contributed by atoms with Crippen molar-refractivity contribution in [1.29, 1.82) is 0 Å². The number of hydrogen-bond donors (Lipinski definition) is 1. The topological polar surface area (TPSA) is 67.2 Å². The van der Waals surface area contributed by atoms with Gasteiger partial charge in [-0.1, -0.05) is 60.0 Å². The highest BCUT2D eigenvalue weighted by Crippen LogP contribution is 2.31. The van der Waals surface area contributed by atoms with Gasteiger partial charge in [-0.2, -0.15) is 0 Å². The van der Waals surface area contributed by atoms with Crippen molar-refractivity contribution in [2.75, 3.05) is 26.2 Å². The third-order valence-electron chi connectivity index (χ3n) is 7.05. The Kier molecular flexibility index (Phi) is 8.35. The number of allylic oxidation sites excluding steroid dienone is 1. The highest BCUT2D eigenvalue weighted by atomic mass is 35.5. The number of halogens is 1. The minimum Gasteiger partial charge on any atom is -0.336 e. The lowest BCUT2D eigenvalue weighted by Gasteiger charge is -2.29. The van der Waals surface area contributed by atoms with Gasteiger partial charge >= 0.3 is 0 Å². The summed E-state index contributed by atoms with van der Waals surface area (Å²) in [5.74, 6) is -0.0978. The van der Waals surface area contributed by atoms with Crippen LogP contribution in [0.25, 0.3) is 33.6 Å². The number of piperazine rings is 1. The van der Waals surface area contributed by atoms with Crippen molar-refractivity contribution in [3.8, 4) is 27.5 Å². The summed E-state index contributed by atoms with van der Waals surface area (Å²) in [7, 11) is 0. The first-order chi connectivity index (χ1) is 19.3. The van der Waals surface area contributed by atoms with Crippen LogP contribution in [-0.4, -0.2) is 46.5 Å². The van der Waals surface area contributed by atoms with E-state index in [9.17, 15) is 9.59 Å². The van der Waals surface area contributed by atoms with Crippen LogP contribution in [0, 0.1) is 6.92 Å². The predicted molar refractivity (Wildman–Crippen MR) is 166 cm³/mol. The normalized spacial score (nSPS) is 13.4. The lowest BCUT2D eigenvalue weighted by molar-refractivity contribution is 0.0735. The minimum atomic E-state index is -0.230. The average Bonchev–Trinajstić information content (AvgIpc) is 3.43. The number of thiazole rings is 1. The number of hydrogen-bond acceptors (Lipinski definition) is 5. The Morgan fingerprint density at radius 1 is 1.10 bits per heavy atom. The molecular formula is C32H33ClN4O2S. The summed E-state index contributed by atoms with van der Waals surface area (Å²) in [6.07, 6.45) is 2.62. The van der Waals surface area contributed by atoms with Crippen molar-refractivity contribution in [3.63, 3.8) is 0 Å². The number of rotatable bonds is 6. The number of pyridine rings is 1. The molecule has 0 radical (unpaired) electrons. The lowest BCUT2D eigenvalue weighted by atomic mass is 10.0. The molecule has 4 aromatic rings. The molecule has 1 aliphatic heterocycles. The van der Waals surface area contributed by atoms with Gasteiger partial charge in [0, 0.05) is 42.1 Å². The molecule has 40 heavy (non-hydrogen) atoms. The van der Waals surface area contributed by atoms with Crippen LogP contribution in [0.3, 0.4) is 0 Å². The largest absolute Gasteiger partial charge is 0.336 e. The van der Waals surface area contributed by atoms with E-state index in [0.717, 1.165) is 35.5 Å². The molecule has 2 aromatic heterocycles. The van der Waals surface area contributed by atoms with Gasteiger partial charge in [0.25, 0.3) is 11.5 Å². The molecule has 0 bridgehead atoms. The zero-order chi connectivity index (χ0) is 28.4. The third-order valence-corrected chi connectivity index (χ3v) is 8.16. The van der Waals surface area contributed by atoms with Crippen molar-refractivity contribution in [2.24, 2.45) is 0 Å². The van der Waals surface area contributed by atoms with Crippen LogP contribution in [0.5, 0.6) is 0 Å². The second kappa shape index (κ2) is 11.9. The van der Waals surface area contributed by atoms with Crippen molar-refractivity contribution in [2.45, 2.75) is 34.1 Å². The first-order valence-corrected chi connectivity index (χ1v) is 14.8. The molecule has 3 heterocycles. The standard InChI is InChI=1S/C32H33ClN4O2S/c1-5-22-10-11-24(33)17-28(22)37-29(16-20(2)3)25(31(38)36-14-12-34-13-15-36)18-26(32(37)39)30-35-27(19-40-30)23-8-6-21(4)7-9-23/h6-11,16-19,34H,5,12-15H2,1-4H3. The fourth-order valence-electron chi connectivity index (χ4n) is 4.95. The number of aromatic nitrogens is 2. The van der Waals surface area contributed by atoms with E-state index in [4.69, 9.17) is 16.6 Å². The Morgan fingerprint density at radius 2 is 1.82 bits per heavy atom. The fourth-order valence-corrected chi connectivity index (χ4v) is 5.95. The van der Waals surface area contributed by atoms with Gasteiger partial charge in [0.15, 0.2) is 0 Å². The Labute approximate surface area is 244 Å². The molecule has 0 aliphatic carbocycles. The molecule has 0 spiro atoms. The molecular weight excluding hydrogens is 540 g/mol. The predicted octanol–water partition coefficient (Wildman–Crippen LogP) is 6.62. The van der Waals surface area contributed by atoms with E-state index in [1.807, 2.05) is 86.5 Å². The van der Waals surface area contributed by atoms with Gasteiger partial charge in [-0.15, -0.1) is 11.3 Å². The van der Waals surface area contributed by atoms with Gasteiger partial charge in [0.2, 0.25) is 0 Å². The van der Waals surface area contributed by atoms with E-state index in [-0.39, 0.29) is 11.5 Å². The molecule has 6 nitrogen and oxygen atoms in total.